The van der Waals surface area contributed by atoms with E-state index in [0.29, 0.717) is 10.9 Å². The Morgan fingerprint density at radius 3 is 2.52 bits per heavy atom. The molecule has 2 aromatic carbocycles. The van der Waals surface area contributed by atoms with E-state index in [1.54, 1.807) is 6.07 Å². The topological polar surface area (TPSA) is 12.0 Å². The average molecular weight is 301 g/mol. The van der Waals surface area contributed by atoms with Crippen molar-refractivity contribution in [3.8, 4) is 0 Å². The molecule has 0 spiro atoms. The Morgan fingerprint density at radius 2 is 1.86 bits per heavy atom. The van der Waals surface area contributed by atoms with Gasteiger partial charge < -0.3 is 5.32 Å². The molecule has 1 N–H and O–H groups in total. The van der Waals surface area contributed by atoms with E-state index in [1.807, 2.05) is 12.1 Å². The molecule has 0 atom stereocenters. The predicted molar refractivity (Wildman–Crippen MR) is 86.3 cm³/mol. The number of halogens is 1. The number of rotatable bonds is 5. The molecule has 1 nitrogen and oxygen atoms in total. The van der Waals surface area contributed by atoms with E-state index >= 15 is 0 Å². The Hall–Kier alpha value is -1.32. The molecule has 1 fully saturated rings. The molecule has 0 saturated heterocycles. The lowest BCUT2D eigenvalue weighted by molar-refractivity contribution is 0.595. The molecule has 3 rings (SSSR count). The van der Waals surface area contributed by atoms with Crippen LogP contribution in [0.5, 0.6) is 0 Å². The van der Waals surface area contributed by atoms with Gasteiger partial charge in [-0.3, -0.25) is 0 Å². The molecule has 1 aliphatic rings. The molecular formula is C18H20FNS. The fourth-order valence-corrected chi connectivity index (χ4v) is 3.20. The van der Waals surface area contributed by atoms with Gasteiger partial charge in [0.05, 0.1) is 0 Å². The SMILES string of the molecule is Cc1ccc(Sc2ccc(CNC3CC3)cc2F)c(C)c1. The third-order valence-electron chi connectivity index (χ3n) is 3.72. The summed E-state index contributed by atoms with van der Waals surface area (Å²) in [5.41, 5.74) is 3.45. The lowest BCUT2D eigenvalue weighted by Gasteiger charge is -2.09. The highest BCUT2D eigenvalue weighted by Crippen LogP contribution is 2.33. The molecule has 0 heterocycles. The van der Waals surface area contributed by atoms with Crippen molar-refractivity contribution in [2.75, 3.05) is 0 Å². The van der Waals surface area contributed by atoms with Crippen molar-refractivity contribution in [1.29, 1.82) is 0 Å². The summed E-state index contributed by atoms with van der Waals surface area (Å²) >= 11 is 1.50. The fraction of sp³-hybridized carbons (Fsp3) is 0.333. The Balaban J connectivity index is 1.72. The highest BCUT2D eigenvalue weighted by atomic mass is 32.2. The number of nitrogens with one attached hydrogen (secondary N) is 1. The van der Waals surface area contributed by atoms with Crippen molar-refractivity contribution in [3.63, 3.8) is 0 Å². The Kier molecular flexibility index (Phi) is 4.32. The van der Waals surface area contributed by atoms with Gasteiger partial charge in [0.1, 0.15) is 5.82 Å². The van der Waals surface area contributed by atoms with E-state index in [-0.39, 0.29) is 5.82 Å². The summed E-state index contributed by atoms with van der Waals surface area (Å²) in [5, 5.41) is 3.41. The lowest BCUT2D eigenvalue weighted by Crippen LogP contribution is -2.15. The van der Waals surface area contributed by atoms with Crippen LogP contribution in [-0.4, -0.2) is 6.04 Å². The molecule has 110 valence electrons. The van der Waals surface area contributed by atoms with Crippen LogP contribution in [0, 0.1) is 19.7 Å². The summed E-state index contributed by atoms with van der Waals surface area (Å²) in [5.74, 6) is -0.130. The number of benzene rings is 2. The van der Waals surface area contributed by atoms with Crippen LogP contribution in [-0.2, 0) is 6.54 Å². The van der Waals surface area contributed by atoms with Gasteiger partial charge in [-0.25, -0.2) is 4.39 Å². The normalized spacial score (nSPS) is 14.4. The Bertz CT molecular complexity index is 650. The van der Waals surface area contributed by atoms with Crippen LogP contribution in [0.25, 0.3) is 0 Å². The highest BCUT2D eigenvalue weighted by molar-refractivity contribution is 7.99. The zero-order valence-electron chi connectivity index (χ0n) is 12.4. The van der Waals surface area contributed by atoms with Crippen LogP contribution < -0.4 is 5.32 Å². The Labute approximate surface area is 130 Å². The molecule has 0 radical (unpaired) electrons. The van der Waals surface area contributed by atoms with Gasteiger partial charge in [0.2, 0.25) is 0 Å². The third kappa shape index (κ3) is 3.86. The quantitative estimate of drug-likeness (QED) is 0.847. The first-order chi connectivity index (χ1) is 10.1. The van der Waals surface area contributed by atoms with E-state index in [2.05, 4.69) is 37.4 Å². The smallest absolute Gasteiger partial charge is 0.137 e. The van der Waals surface area contributed by atoms with Gasteiger partial charge in [0.15, 0.2) is 0 Å². The summed E-state index contributed by atoms with van der Waals surface area (Å²) in [6, 6.07) is 12.5. The summed E-state index contributed by atoms with van der Waals surface area (Å²) < 4.78 is 14.2. The first-order valence-corrected chi connectivity index (χ1v) is 8.20. The van der Waals surface area contributed by atoms with Gasteiger partial charge >= 0.3 is 0 Å². The van der Waals surface area contributed by atoms with Crippen molar-refractivity contribution in [1.82, 2.24) is 5.32 Å². The van der Waals surface area contributed by atoms with E-state index in [0.717, 1.165) is 17.0 Å². The summed E-state index contributed by atoms with van der Waals surface area (Å²) in [6.07, 6.45) is 2.51. The maximum atomic E-state index is 14.2. The second-order valence-corrected chi connectivity index (χ2v) is 6.87. The van der Waals surface area contributed by atoms with Crippen LogP contribution in [0.2, 0.25) is 0 Å². The molecule has 0 unspecified atom stereocenters. The first-order valence-electron chi connectivity index (χ1n) is 7.39. The molecule has 0 aliphatic heterocycles. The van der Waals surface area contributed by atoms with E-state index in [4.69, 9.17) is 0 Å². The lowest BCUT2D eigenvalue weighted by atomic mass is 10.2. The zero-order chi connectivity index (χ0) is 14.8. The van der Waals surface area contributed by atoms with Crippen molar-refractivity contribution < 1.29 is 4.39 Å². The molecular weight excluding hydrogens is 281 g/mol. The van der Waals surface area contributed by atoms with Crippen molar-refractivity contribution in [2.45, 2.75) is 49.1 Å². The van der Waals surface area contributed by atoms with Gasteiger partial charge in [-0.1, -0.05) is 35.5 Å². The zero-order valence-corrected chi connectivity index (χ0v) is 13.3. The minimum Gasteiger partial charge on any atom is -0.310 e. The molecule has 3 heteroatoms. The molecule has 2 aromatic rings. The summed E-state index contributed by atoms with van der Waals surface area (Å²) in [6.45, 7) is 4.90. The van der Waals surface area contributed by atoms with Crippen LogP contribution in [0.15, 0.2) is 46.2 Å². The molecule has 0 aromatic heterocycles. The summed E-state index contributed by atoms with van der Waals surface area (Å²) in [7, 11) is 0. The minimum absolute atomic E-state index is 0.130. The maximum Gasteiger partial charge on any atom is 0.137 e. The van der Waals surface area contributed by atoms with Crippen LogP contribution >= 0.6 is 11.8 Å². The number of hydrogen-bond acceptors (Lipinski definition) is 2. The molecule has 21 heavy (non-hydrogen) atoms. The second kappa shape index (κ2) is 6.20. The third-order valence-corrected chi connectivity index (χ3v) is 4.95. The molecule has 1 saturated carbocycles. The molecule has 1 aliphatic carbocycles. The van der Waals surface area contributed by atoms with Gasteiger partial charge in [0.25, 0.3) is 0 Å². The standard InChI is InChI=1S/C18H20FNS/c1-12-3-7-17(13(2)9-12)21-18-8-4-14(10-16(18)19)11-20-15-5-6-15/h3-4,7-10,15,20H,5-6,11H2,1-2H3. The molecule has 0 amide bonds. The van der Waals surface area contributed by atoms with Crippen LogP contribution in [0.1, 0.15) is 29.5 Å². The van der Waals surface area contributed by atoms with Gasteiger partial charge in [0, 0.05) is 22.4 Å². The minimum atomic E-state index is -0.130. The van der Waals surface area contributed by atoms with Crippen LogP contribution in [0.3, 0.4) is 0 Å². The Morgan fingerprint density at radius 1 is 1.10 bits per heavy atom. The van der Waals surface area contributed by atoms with Gasteiger partial charge in [-0.15, -0.1) is 0 Å². The first kappa shape index (κ1) is 14.6. The van der Waals surface area contributed by atoms with Gasteiger partial charge in [-0.2, -0.15) is 0 Å². The van der Waals surface area contributed by atoms with Gasteiger partial charge in [-0.05, 0) is 56.0 Å². The van der Waals surface area contributed by atoms with E-state index < -0.39 is 0 Å². The van der Waals surface area contributed by atoms with Crippen molar-refractivity contribution in [2.24, 2.45) is 0 Å². The number of hydrogen-bond donors (Lipinski definition) is 1. The van der Waals surface area contributed by atoms with E-state index in [1.165, 1.54) is 35.7 Å². The highest BCUT2D eigenvalue weighted by Gasteiger charge is 2.20. The summed E-state index contributed by atoms with van der Waals surface area (Å²) in [4.78, 5) is 1.81. The monoisotopic (exact) mass is 301 g/mol. The predicted octanol–water partition coefficient (Wildman–Crippen LogP) is 4.85. The van der Waals surface area contributed by atoms with E-state index in [9.17, 15) is 4.39 Å². The van der Waals surface area contributed by atoms with Crippen LogP contribution in [0.4, 0.5) is 4.39 Å². The average Bonchev–Trinajstić information content (AvgIpc) is 3.26. The number of aryl methyl sites for hydroxylation is 2. The second-order valence-electron chi connectivity index (χ2n) is 5.79. The largest absolute Gasteiger partial charge is 0.310 e. The maximum absolute atomic E-state index is 14.2. The van der Waals surface area contributed by atoms with Crippen molar-refractivity contribution in [3.05, 3.63) is 58.9 Å². The van der Waals surface area contributed by atoms with Crippen molar-refractivity contribution >= 4 is 11.8 Å². The fourth-order valence-electron chi connectivity index (χ4n) is 2.32. The molecule has 0 bridgehead atoms.